The molecular formula is C15H20O3. The molecule has 1 aromatic rings. The van der Waals surface area contributed by atoms with E-state index in [2.05, 4.69) is 0 Å². The first kappa shape index (κ1) is 13.1. The van der Waals surface area contributed by atoms with Crippen LogP contribution in [-0.4, -0.2) is 17.2 Å². The molecule has 2 rings (SSSR count). The maximum absolute atomic E-state index is 11.5. The summed E-state index contributed by atoms with van der Waals surface area (Å²) in [7, 11) is 0. The van der Waals surface area contributed by atoms with E-state index >= 15 is 0 Å². The Balaban J connectivity index is 1.57. The fraction of sp³-hybridized carbons (Fsp3) is 0.533. The Hall–Kier alpha value is -1.35. The molecule has 1 fully saturated rings. The van der Waals surface area contributed by atoms with E-state index in [1.54, 1.807) is 0 Å². The Morgan fingerprint density at radius 3 is 2.72 bits per heavy atom. The minimum atomic E-state index is -0.216. The molecule has 3 heteroatoms. The van der Waals surface area contributed by atoms with E-state index in [0.29, 0.717) is 31.8 Å². The molecule has 1 aliphatic carbocycles. The van der Waals surface area contributed by atoms with Crippen molar-refractivity contribution in [2.45, 2.75) is 44.8 Å². The van der Waals surface area contributed by atoms with Crippen LogP contribution in [-0.2, 0) is 16.1 Å². The molecule has 0 aromatic heterocycles. The van der Waals surface area contributed by atoms with Gasteiger partial charge in [0.2, 0.25) is 0 Å². The second kappa shape index (κ2) is 6.55. The number of aliphatic hydroxyl groups excluding tert-OH is 1. The van der Waals surface area contributed by atoms with Gasteiger partial charge >= 0.3 is 5.97 Å². The van der Waals surface area contributed by atoms with Gasteiger partial charge in [0.05, 0.1) is 6.10 Å². The number of rotatable bonds is 7. The van der Waals surface area contributed by atoms with Crippen LogP contribution in [0.25, 0.3) is 0 Å². The highest BCUT2D eigenvalue weighted by atomic mass is 16.5. The van der Waals surface area contributed by atoms with Gasteiger partial charge in [0.1, 0.15) is 6.61 Å². The first-order chi connectivity index (χ1) is 8.75. The van der Waals surface area contributed by atoms with Crippen molar-refractivity contribution in [3.05, 3.63) is 35.9 Å². The molecule has 0 aliphatic heterocycles. The lowest BCUT2D eigenvalue weighted by atomic mass is 10.1. The maximum atomic E-state index is 11.5. The van der Waals surface area contributed by atoms with Gasteiger partial charge in [-0.2, -0.15) is 0 Å². The van der Waals surface area contributed by atoms with Gasteiger partial charge < -0.3 is 9.84 Å². The Labute approximate surface area is 108 Å². The molecular weight excluding hydrogens is 228 g/mol. The summed E-state index contributed by atoms with van der Waals surface area (Å²) in [5.74, 6) is 0.312. The van der Waals surface area contributed by atoms with Crippen LogP contribution >= 0.6 is 0 Å². The van der Waals surface area contributed by atoms with Gasteiger partial charge in [-0.3, -0.25) is 4.79 Å². The smallest absolute Gasteiger partial charge is 0.306 e. The van der Waals surface area contributed by atoms with E-state index in [0.717, 1.165) is 18.4 Å². The molecule has 1 saturated carbocycles. The second-order valence-corrected chi connectivity index (χ2v) is 4.94. The van der Waals surface area contributed by atoms with Crippen molar-refractivity contribution in [2.24, 2.45) is 5.92 Å². The van der Waals surface area contributed by atoms with Crippen molar-refractivity contribution in [2.75, 3.05) is 0 Å². The van der Waals surface area contributed by atoms with Gasteiger partial charge in [0.25, 0.3) is 0 Å². The summed E-state index contributed by atoms with van der Waals surface area (Å²) in [4.78, 5) is 11.5. The molecule has 0 spiro atoms. The molecule has 0 amide bonds. The third-order valence-electron chi connectivity index (χ3n) is 3.29. The number of ether oxygens (including phenoxy) is 1. The van der Waals surface area contributed by atoms with Crippen LogP contribution in [0, 0.1) is 5.92 Å². The van der Waals surface area contributed by atoms with Crippen molar-refractivity contribution < 1.29 is 14.6 Å². The highest BCUT2D eigenvalue weighted by Crippen LogP contribution is 2.34. The van der Waals surface area contributed by atoms with E-state index < -0.39 is 0 Å². The maximum Gasteiger partial charge on any atom is 0.306 e. The van der Waals surface area contributed by atoms with Crippen LogP contribution in [0.4, 0.5) is 0 Å². The normalized spacial score (nSPS) is 16.3. The van der Waals surface area contributed by atoms with Gasteiger partial charge in [-0.25, -0.2) is 0 Å². The van der Waals surface area contributed by atoms with Crippen molar-refractivity contribution in [3.63, 3.8) is 0 Å². The molecule has 0 bridgehead atoms. The Bertz CT molecular complexity index is 371. The lowest BCUT2D eigenvalue weighted by Crippen LogP contribution is -2.11. The van der Waals surface area contributed by atoms with Crippen molar-refractivity contribution in [3.8, 4) is 0 Å². The fourth-order valence-corrected chi connectivity index (χ4v) is 1.98. The average Bonchev–Trinajstić information content (AvgIpc) is 3.22. The fourth-order valence-electron chi connectivity index (χ4n) is 1.98. The average molecular weight is 248 g/mol. The van der Waals surface area contributed by atoms with Gasteiger partial charge in [-0.05, 0) is 37.2 Å². The first-order valence-corrected chi connectivity index (χ1v) is 6.63. The van der Waals surface area contributed by atoms with Gasteiger partial charge in [-0.1, -0.05) is 30.3 Å². The van der Waals surface area contributed by atoms with E-state index in [1.165, 1.54) is 0 Å². The molecule has 1 aromatic carbocycles. The minimum Gasteiger partial charge on any atom is -0.461 e. The van der Waals surface area contributed by atoms with Gasteiger partial charge in [0.15, 0.2) is 0 Å². The van der Waals surface area contributed by atoms with Crippen LogP contribution in [0.3, 0.4) is 0 Å². The topological polar surface area (TPSA) is 46.5 Å². The third kappa shape index (κ3) is 4.49. The molecule has 0 heterocycles. The summed E-state index contributed by atoms with van der Waals surface area (Å²) < 4.78 is 5.17. The van der Waals surface area contributed by atoms with Crippen molar-refractivity contribution in [1.82, 2.24) is 0 Å². The Morgan fingerprint density at radius 2 is 2.06 bits per heavy atom. The number of carbonyl (C=O) groups is 1. The Kier molecular flexibility index (Phi) is 4.76. The van der Waals surface area contributed by atoms with E-state index in [1.807, 2.05) is 30.3 Å². The first-order valence-electron chi connectivity index (χ1n) is 6.63. The number of aliphatic hydroxyl groups is 1. The number of hydrogen-bond acceptors (Lipinski definition) is 3. The van der Waals surface area contributed by atoms with Crippen LogP contribution in [0.5, 0.6) is 0 Å². The monoisotopic (exact) mass is 248 g/mol. The van der Waals surface area contributed by atoms with E-state index in [9.17, 15) is 9.90 Å². The van der Waals surface area contributed by atoms with Crippen LogP contribution in [0.1, 0.15) is 37.7 Å². The Morgan fingerprint density at radius 1 is 1.33 bits per heavy atom. The molecule has 0 saturated heterocycles. The van der Waals surface area contributed by atoms with Crippen molar-refractivity contribution >= 4 is 5.97 Å². The molecule has 1 unspecified atom stereocenters. The quantitative estimate of drug-likeness (QED) is 0.755. The van der Waals surface area contributed by atoms with Gasteiger partial charge in [-0.15, -0.1) is 0 Å². The third-order valence-corrected chi connectivity index (χ3v) is 3.29. The summed E-state index contributed by atoms with van der Waals surface area (Å²) in [5.41, 5.74) is 1.00. The number of carbonyl (C=O) groups excluding carboxylic acids is 1. The molecule has 0 radical (unpaired) electrons. The highest BCUT2D eigenvalue weighted by molar-refractivity contribution is 5.69. The lowest BCUT2D eigenvalue weighted by molar-refractivity contribution is -0.145. The SMILES string of the molecule is O=C(CCCC(O)C1CC1)OCc1ccccc1. The van der Waals surface area contributed by atoms with Crippen molar-refractivity contribution in [1.29, 1.82) is 0 Å². The zero-order valence-electron chi connectivity index (χ0n) is 10.5. The van der Waals surface area contributed by atoms with Crippen LogP contribution in [0.2, 0.25) is 0 Å². The van der Waals surface area contributed by atoms with E-state index in [4.69, 9.17) is 4.74 Å². The van der Waals surface area contributed by atoms with Crippen LogP contribution < -0.4 is 0 Å². The molecule has 1 N–H and O–H groups in total. The molecule has 98 valence electrons. The van der Waals surface area contributed by atoms with E-state index in [-0.39, 0.29) is 12.1 Å². The van der Waals surface area contributed by atoms with Gasteiger partial charge in [0, 0.05) is 6.42 Å². The standard InChI is InChI=1S/C15H20O3/c16-14(13-9-10-13)7-4-8-15(17)18-11-12-5-2-1-3-6-12/h1-3,5-6,13-14,16H,4,7-11H2. The predicted octanol–water partition coefficient (Wildman–Crippen LogP) is 2.67. The molecule has 18 heavy (non-hydrogen) atoms. The second-order valence-electron chi connectivity index (χ2n) is 4.94. The summed E-state index contributed by atoms with van der Waals surface area (Å²) in [6.45, 7) is 0.338. The minimum absolute atomic E-state index is 0.179. The number of benzene rings is 1. The summed E-state index contributed by atoms with van der Waals surface area (Å²) in [6, 6.07) is 9.66. The predicted molar refractivity (Wildman–Crippen MR) is 68.8 cm³/mol. The molecule has 3 nitrogen and oxygen atoms in total. The number of esters is 1. The highest BCUT2D eigenvalue weighted by Gasteiger charge is 2.29. The zero-order chi connectivity index (χ0) is 12.8. The molecule has 1 aliphatic rings. The lowest BCUT2D eigenvalue weighted by Gasteiger charge is -2.08. The molecule has 1 atom stereocenters. The summed E-state index contributed by atoms with van der Waals surface area (Å²) in [5, 5.41) is 9.66. The van der Waals surface area contributed by atoms with Crippen LogP contribution in [0.15, 0.2) is 30.3 Å². The summed E-state index contributed by atoms with van der Waals surface area (Å²) >= 11 is 0. The summed E-state index contributed by atoms with van der Waals surface area (Å²) in [6.07, 6.45) is 3.89. The number of hydrogen-bond donors (Lipinski definition) is 1. The zero-order valence-corrected chi connectivity index (χ0v) is 10.5. The largest absolute Gasteiger partial charge is 0.461 e.